The number of piperidine rings is 1. The maximum atomic E-state index is 12.4. The predicted molar refractivity (Wildman–Crippen MR) is 106 cm³/mol. The summed E-state index contributed by atoms with van der Waals surface area (Å²) in [4.78, 5) is 17.5. The minimum Gasteiger partial charge on any atom is -0.371 e. The molecule has 26 heavy (non-hydrogen) atoms. The summed E-state index contributed by atoms with van der Waals surface area (Å²) in [5, 5.41) is 6.56. The van der Waals surface area contributed by atoms with Crippen LogP contribution in [0.2, 0.25) is 0 Å². The standard InChI is InChI=1S/C21H32N4O/c1-15-4-3-5-20(16(15)2)24-11-8-18(9-12-24)25-13-10-22-19(14-25)21(26)23-17-6-7-17/h3-5,17-19,22H,6-14H2,1-2H3,(H,23,26)/t19-/m0/s1. The third-order valence-corrected chi connectivity index (χ3v) is 6.34. The number of nitrogens with one attached hydrogen (secondary N) is 2. The average molecular weight is 357 g/mol. The molecule has 5 nitrogen and oxygen atoms in total. The van der Waals surface area contributed by atoms with E-state index < -0.39 is 0 Å². The molecule has 2 aliphatic heterocycles. The van der Waals surface area contributed by atoms with Crippen molar-refractivity contribution < 1.29 is 4.79 Å². The zero-order valence-electron chi connectivity index (χ0n) is 16.1. The van der Waals surface area contributed by atoms with Crippen LogP contribution < -0.4 is 15.5 Å². The Morgan fingerprint density at radius 1 is 1.12 bits per heavy atom. The van der Waals surface area contributed by atoms with Crippen LogP contribution >= 0.6 is 0 Å². The lowest BCUT2D eigenvalue weighted by atomic mass is 9.99. The zero-order valence-corrected chi connectivity index (χ0v) is 16.1. The molecule has 1 atom stereocenters. The first-order valence-electron chi connectivity index (χ1n) is 10.2. The molecule has 2 heterocycles. The van der Waals surface area contributed by atoms with Gasteiger partial charge in [-0.15, -0.1) is 0 Å². The maximum absolute atomic E-state index is 12.4. The molecule has 3 aliphatic rings. The number of hydrogen-bond donors (Lipinski definition) is 2. The number of rotatable bonds is 4. The van der Waals surface area contributed by atoms with Crippen molar-refractivity contribution in [1.29, 1.82) is 0 Å². The second kappa shape index (κ2) is 7.57. The van der Waals surface area contributed by atoms with Crippen molar-refractivity contribution in [2.24, 2.45) is 0 Å². The first-order valence-corrected chi connectivity index (χ1v) is 10.2. The van der Waals surface area contributed by atoms with Gasteiger partial charge in [-0.2, -0.15) is 0 Å². The molecule has 0 unspecified atom stereocenters. The summed E-state index contributed by atoms with van der Waals surface area (Å²) >= 11 is 0. The van der Waals surface area contributed by atoms with Crippen molar-refractivity contribution in [3.05, 3.63) is 29.3 Å². The molecule has 1 aromatic carbocycles. The van der Waals surface area contributed by atoms with Crippen LogP contribution in [-0.4, -0.2) is 61.7 Å². The quantitative estimate of drug-likeness (QED) is 0.864. The lowest BCUT2D eigenvalue weighted by molar-refractivity contribution is -0.124. The zero-order chi connectivity index (χ0) is 18.1. The van der Waals surface area contributed by atoms with Gasteiger partial charge in [0.15, 0.2) is 0 Å². The van der Waals surface area contributed by atoms with Crippen LogP contribution in [0.5, 0.6) is 0 Å². The van der Waals surface area contributed by atoms with Crippen LogP contribution in [0.1, 0.15) is 36.8 Å². The molecule has 4 rings (SSSR count). The molecule has 3 fully saturated rings. The molecule has 2 N–H and O–H groups in total. The van der Waals surface area contributed by atoms with Crippen molar-refractivity contribution in [3.8, 4) is 0 Å². The Bertz CT molecular complexity index is 649. The molecule has 142 valence electrons. The molecular formula is C21H32N4O. The first-order chi connectivity index (χ1) is 12.6. The number of anilines is 1. The number of amides is 1. The monoisotopic (exact) mass is 356 g/mol. The van der Waals surface area contributed by atoms with Gasteiger partial charge < -0.3 is 15.5 Å². The van der Waals surface area contributed by atoms with Crippen molar-refractivity contribution in [1.82, 2.24) is 15.5 Å². The van der Waals surface area contributed by atoms with Gasteiger partial charge in [0, 0.05) is 50.5 Å². The highest BCUT2D eigenvalue weighted by Crippen LogP contribution is 2.27. The summed E-state index contributed by atoms with van der Waals surface area (Å²) in [5.74, 6) is 0.199. The van der Waals surface area contributed by atoms with Gasteiger partial charge in [0.25, 0.3) is 0 Å². The first kappa shape index (κ1) is 17.8. The highest BCUT2D eigenvalue weighted by molar-refractivity contribution is 5.82. The molecule has 1 saturated carbocycles. The molecule has 1 aliphatic carbocycles. The second-order valence-corrected chi connectivity index (χ2v) is 8.22. The molecule has 0 spiro atoms. The van der Waals surface area contributed by atoms with Gasteiger partial charge in [0.1, 0.15) is 0 Å². The molecule has 1 aromatic rings. The summed E-state index contributed by atoms with van der Waals surface area (Å²) in [6.45, 7) is 9.47. The smallest absolute Gasteiger partial charge is 0.238 e. The Labute approximate surface area is 157 Å². The summed E-state index contributed by atoms with van der Waals surface area (Å²) in [6, 6.07) is 7.63. The molecule has 0 aromatic heterocycles. The third kappa shape index (κ3) is 3.89. The normalized spacial score (nSPS) is 25.3. The Hall–Kier alpha value is -1.59. The van der Waals surface area contributed by atoms with E-state index in [1.165, 1.54) is 29.7 Å². The van der Waals surface area contributed by atoms with E-state index >= 15 is 0 Å². The summed E-state index contributed by atoms with van der Waals surface area (Å²) in [6.07, 6.45) is 4.67. The van der Waals surface area contributed by atoms with Gasteiger partial charge >= 0.3 is 0 Å². The average Bonchev–Trinajstić information content (AvgIpc) is 3.48. The van der Waals surface area contributed by atoms with Gasteiger partial charge in [-0.05, 0) is 56.7 Å². The minimum atomic E-state index is -0.0404. The Morgan fingerprint density at radius 3 is 2.62 bits per heavy atom. The fourth-order valence-corrected chi connectivity index (χ4v) is 4.36. The van der Waals surface area contributed by atoms with E-state index in [9.17, 15) is 4.79 Å². The van der Waals surface area contributed by atoms with E-state index in [1.54, 1.807) is 0 Å². The van der Waals surface area contributed by atoms with Crippen LogP contribution in [0.25, 0.3) is 0 Å². The fourth-order valence-electron chi connectivity index (χ4n) is 4.36. The topological polar surface area (TPSA) is 47.6 Å². The largest absolute Gasteiger partial charge is 0.371 e. The van der Waals surface area contributed by atoms with E-state index in [1.807, 2.05) is 0 Å². The molecule has 5 heteroatoms. The second-order valence-electron chi connectivity index (χ2n) is 8.22. The van der Waals surface area contributed by atoms with Crippen LogP contribution in [0.3, 0.4) is 0 Å². The summed E-state index contributed by atoms with van der Waals surface area (Å²) in [5.41, 5.74) is 4.17. The lowest BCUT2D eigenvalue weighted by Crippen LogP contribution is -2.60. The number of benzene rings is 1. The number of hydrogen-bond acceptors (Lipinski definition) is 4. The van der Waals surface area contributed by atoms with E-state index in [2.05, 4.69) is 52.5 Å². The van der Waals surface area contributed by atoms with E-state index in [0.717, 1.165) is 45.6 Å². The Morgan fingerprint density at radius 2 is 1.88 bits per heavy atom. The number of carbonyl (C=O) groups excluding carboxylic acids is 1. The molecule has 0 radical (unpaired) electrons. The Balaban J connectivity index is 1.32. The van der Waals surface area contributed by atoms with Gasteiger partial charge in [0.2, 0.25) is 5.91 Å². The van der Waals surface area contributed by atoms with Crippen molar-refractivity contribution in [3.63, 3.8) is 0 Å². The number of carbonyl (C=O) groups is 1. The predicted octanol–water partition coefficient (Wildman–Crippen LogP) is 1.82. The van der Waals surface area contributed by atoms with E-state index in [4.69, 9.17) is 0 Å². The number of aryl methyl sites for hydroxylation is 1. The van der Waals surface area contributed by atoms with Crippen LogP contribution in [-0.2, 0) is 4.79 Å². The van der Waals surface area contributed by atoms with E-state index in [0.29, 0.717) is 12.1 Å². The SMILES string of the molecule is Cc1cccc(N2CCC(N3CCN[C@H](C(=O)NC4CC4)C3)CC2)c1C. The van der Waals surface area contributed by atoms with Crippen LogP contribution in [0.15, 0.2) is 18.2 Å². The van der Waals surface area contributed by atoms with E-state index in [-0.39, 0.29) is 11.9 Å². The summed E-state index contributed by atoms with van der Waals surface area (Å²) in [7, 11) is 0. The number of piperazine rings is 1. The van der Waals surface area contributed by atoms with Crippen LogP contribution in [0.4, 0.5) is 5.69 Å². The Kier molecular flexibility index (Phi) is 5.18. The fraction of sp³-hybridized carbons (Fsp3) is 0.667. The van der Waals surface area contributed by atoms with Gasteiger partial charge in [-0.1, -0.05) is 12.1 Å². The minimum absolute atomic E-state index is 0.0404. The third-order valence-electron chi connectivity index (χ3n) is 6.34. The highest BCUT2D eigenvalue weighted by atomic mass is 16.2. The van der Waals surface area contributed by atoms with Crippen molar-refractivity contribution in [2.75, 3.05) is 37.6 Å². The van der Waals surface area contributed by atoms with Crippen molar-refractivity contribution in [2.45, 2.75) is 57.7 Å². The van der Waals surface area contributed by atoms with Gasteiger partial charge in [-0.25, -0.2) is 0 Å². The molecule has 2 saturated heterocycles. The lowest BCUT2D eigenvalue weighted by Gasteiger charge is -2.43. The van der Waals surface area contributed by atoms with Gasteiger partial charge in [0.05, 0.1) is 6.04 Å². The molecule has 1 amide bonds. The summed E-state index contributed by atoms with van der Waals surface area (Å²) < 4.78 is 0. The molecular weight excluding hydrogens is 324 g/mol. The van der Waals surface area contributed by atoms with Crippen LogP contribution in [0, 0.1) is 13.8 Å². The van der Waals surface area contributed by atoms with Crippen molar-refractivity contribution >= 4 is 11.6 Å². The molecule has 0 bridgehead atoms. The number of nitrogens with zero attached hydrogens (tertiary/aromatic N) is 2. The highest BCUT2D eigenvalue weighted by Gasteiger charge is 2.33. The van der Waals surface area contributed by atoms with Gasteiger partial charge in [-0.3, -0.25) is 9.69 Å². The maximum Gasteiger partial charge on any atom is 0.238 e.